The molecule has 1 aliphatic rings. The quantitative estimate of drug-likeness (QED) is 0.902. The van der Waals surface area contributed by atoms with Crippen LogP contribution in [0.5, 0.6) is 0 Å². The molecule has 1 atom stereocenters. The lowest BCUT2D eigenvalue weighted by Crippen LogP contribution is -2.32. The zero-order chi connectivity index (χ0) is 12.0. The minimum atomic E-state index is -0.346. The Balaban J connectivity index is 2.01. The Kier molecular flexibility index (Phi) is 2.45. The normalized spacial score (nSPS) is 19.7. The third-order valence-corrected chi connectivity index (χ3v) is 4.39. The van der Waals surface area contributed by atoms with Gasteiger partial charge in [0, 0.05) is 5.92 Å². The first-order valence-electron chi connectivity index (χ1n) is 6.13. The Bertz CT molecular complexity index is 537. The topological polar surface area (TPSA) is 69.1 Å². The van der Waals surface area contributed by atoms with Crippen LogP contribution in [-0.2, 0) is 5.54 Å². The molecule has 0 radical (unpaired) electrons. The largest absolute Gasteiger partial charge is 0.320 e. The minimum Gasteiger partial charge on any atom is -0.320 e. The van der Waals surface area contributed by atoms with Crippen LogP contribution in [-0.4, -0.2) is 19.8 Å². The summed E-state index contributed by atoms with van der Waals surface area (Å²) in [7, 11) is 0. The summed E-state index contributed by atoms with van der Waals surface area (Å²) in [4.78, 5) is 0.870. The molecule has 1 saturated carbocycles. The summed E-state index contributed by atoms with van der Waals surface area (Å²) >= 11 is 1.56. The molecule has 3 rings (SSSR count). The van der Waals surface area contributed by atoms with Crippen molar-refractivity contribution < 1.29 is 0 Å². The van der Waals surface area contributed by atoms with E-state index in [2.05, 4.69) is 22.2 Å². The molecule has 0 saturated heterocycles. The van der Waals surface area contributed by atoms with E-state index in [9.17, 15) is 0 Å². The van der Waals surface area contributed by atoms with Crippen LogP contribution in [0.15, 0.2) is 0 Å². The smallest absolute Gasteiger partial charge is 0.234 e. The molecule has 0 spiro atoms. The zero-order valence-corrected chi connectivity index (χ0v) is 11.0. The van der Waals surface area contributed by atoms with Crippen molar-refractivity contribution >= 4 is 16.3 Å². The second-order valence-electron chi connectivity index (χ2n) is 5.10. The molecule has 1 aliphatic carbocycles. The fraction of sp³-hybridized carbons (Fsp3) is 0.727. The first-order chi connectivity index (χ1) is 8.12. The van der Waals surface area contributed by atoms with E-state index in [0.717, 1.165) is 28.6 Å². The fourth-order valence-corrected chi connectivity index (χ4v) is 3.02. The van der Waals surface area contributed by atoms with Gasteiger partial charge >= 0.3 is 0 Å². The van der Waals surface area contributed by atoms with Crippen molar-refractivity contribution in [3.63, 3.8) is 0 Å². The lowest BCUT2D eigenvalue weighted by molar-refractivity contribution is 0.438. The summed E-state index contributed by atoms with van der Waals surface area (Å²) < 4.78 is 1.89. The molecule has 6 heteroatoms. The Morgan fingerprint density at radius 2 is 2.24 bits per heavy atom. The number of nitrogens with zero attached hydrogens (tertiary/aromatic N) is 4. The molecule has 5 nitrogen and oxygen atoms in total. The lowest BCUT2D eigenvalue weighted by atomic mass is 9.99. The Hall–Kier alpha value is -1.01. The zero-order valence-electron chi connectivity index (χ0n) is 10.2. The SMILES string of the molecule is CCCC(C)(N)c1nn2c(C3CC3)nnc2s1. The highest BCUT2D eigenvalue weighted by Crippen LogP contribution is 2.39. The van der Waals surface area contributed by atoms with Crippen molar-refractivity contribution in [2.45, 2.75) is 51.0 Å². The van der Waals surface area contributed by atoms with Gasteiger partial charge in [-0.2, -0.15) is 9.61 Å². The molecule has 0 amide bonds. The van der Waals surface area contributed by atoms with Gasteiger partial charge in [0.15, 0.2) is 5.82 Å². The van der Waals surface area contributed by atoms with Crippen LogP contribution in [0.25, 0.3) is 4.96 Å². The molecule has 1 fully saturated rings. The molecule has 2 heterocycles. The van der Waals surface area contributed by atoms with Crippen LogP contribution in [0, 0.1) is 0 Å². The van der Waals surface area contributed by atoms with Crippen LogP contribution in [0.1, 0.15) is 56.3 Å². The van der Waals surface area contributed by atoms with E-state index in [1.807, 2.05) is 11.4 Å². The van der Waals surface area contributed by atoms with Crippen molar-refractivity contribution in [2.75, 3.05) is 0 Å². The van der Waals surface area contributed by atoms with E-state index in [4.69, 9.17) is 5.73 Å². The predicted octanol–water partition coefficient (Wildman–Crippen LogP) is 2.04. The molecular weight excluding hydrogens is 234 g/mol. The molecule has 1 unspecified atom stereocenters. The standard InChI is InChI=1S/C11H17N5S/c1-3-6-11(2,12)9-15-16-8(7-4-5-7)13-14-10(16)17-9/h7H,3-6,12H2,1-2H3. The van der Waals surface area contributed by atoms with Gasteiger partial charge in [-0.25, -0.2) is 0 Å². The monoisotopic (exact) mass is 251 g/mol. The molecule has 17 heavy (non-hydrogen) atoms. The van der Waals surface area contributed by atoms with Crippen molar-refractivity contribution in [3.05, 3.63) is 10.8 Å². The van der Waals surface area contributed by atoms with Gasteiger partial charge in [-0.05, 0) is 26.2 Å². The van der Waals surface area contributed by atoms with Gasteiger partial charge in [0.05, 0.1) is 5.54 Å². The Labute approximate surface area is 104 Å². The number of hydrogen-bond acceptors (Lipinski definition) is 5. The third-order valence-electron chi connectivity index (χ3n) is 3.22. The van der Waals surface area contributed by atoms with Gasteiger partial charge in [0.25, 0.3) is 0 Å². The first kappa shape index (κ1) is 11.1. The third kappa shape index (κ3) is 1.85. The summed E-state index contributed by atoms with van der Waals surface area (Å²) in [6.07, 6.45) is 4.42. The molecule has 0 aromatic carbocycles. The maximum absolute atomic E-state index is 6.30. The highest BCUT2D eigenvalue weighted by Gasteiger charge is 2.32. The summed E-state index contributed by atoms with van der Waals surface area (Å²) in [5, 5.41) is 14.0. The lowest BCUT2D eigenvalue weighted by Gasteiger charge is -2.19. The van der Waals surface area contributed by atoms with Gasteiger partial charge in [0.2, 0.25) is 4.96 Å². The average Bonchev–Trinajstić information content (AvgIpc) is 2.88. The molecule has 2 aromatic heterocycles. The average molecular weight is 251 g/mol. The predicted molar refractivity (Wildman–Crippen MR) is 67.1 cm³/mol. The van der Waals surface area contributed by atoms with Crippen LogP contribution in [0.2, 0.25) is 0 Å². The van der Waals surface area contributed by atoms with Crippen LogP contribution in [0.4, 0.5) is 0 Å². The van der Waals surface area contributed by atoms with Gasteiger partial charge in [-0.1, -0.05) is 24.7 Å². The minimum absolute atomic E-state index is 0.346. The van der Waals surface area contributed by atoms with Crippen LogP contribution < -0.4 is 5.73 Å². The van der Waals surface area contributed by atoms with E-state index in [-0.39, 0.29) is 5.54 Å². The number of aromatic nitrogens is 4. The van der Waals surface area contributed by atoms with Gasteiger partial charge in [0.1, 0.15) is 5.01 Å². The molecule has 0 aliphatic heterocycles. The van der Waals surface area contributed by atoms with Crippen molar-refractivity contribution in [3.8, 4) is 0 Å². The van der Waals surface area contributed by atoms with Crippen molar-refractivity contribution in [1.29, 1.82) is 0 Å². The second kappa shape index (κ2) is 3.74. The van der Waals surface area contributed by atoms with E-state index in [1.54, 1.807) is 11.3 Å². The van der Waals surface area contributed by atoms with Crippen molar-refractivity contribution in [1.82, 2.24) is 19.8 Å². The molecule has 2 aromatic rings. The summed E-state index contributed by atoms with van der Waals surface area (Å²) in [6, 6.07) is 0. The van der Waals surface area contributed by atoms with Crippen LogP contribution in [0.3, 0.4) is 0 Å². The molecular formula is C11H17N5S. The maximum atomic E-state index is 6.30. The highest BCUT2D eigenvalue weighted by atomic mass is 32.1. The maximum Gasteiger partial charge on any atom is 0.234 e. The summed E-state index contributed by atoms with van der Waals surface area (Å²) in [6.45, 7) is 4.18. The molecule has 92 valence electrons. The van der Waals surface area contributed by atoms with Gasteiger partial charge in [-0.15, -0.1) is 10.2 Å². The van der Waals surface area contributed by atoms with Gasteiger partial charge in [-0.3, -0.25) is 0 Å². The fourth-order valence-electron chi connectivity index (χ4n) is 2.09. The van der Waals surface area contributed by atoms with Gasteiger partial charge < -0.3 is 5.73 Å². The Morgan fingerprint density at radius 3 is 2.88 bits per heavy atom. The Morgan fingerprint density at radius 1 is 1.47 bits per heavy atom. The van der Waals surface area contributed by atoms with Crippen LogP contribution >= 0.6 is 11.3 Å². The summed E-state index contributed by atoms with van der Waals surface area (Å²) in [5.41, 5.74) is 5.95. The van der Waals surface area contributed by atoms with E-state index in [1.165, 1.54) is 12.8 Å². The number of fused-ring (bicyclic) bond motifs is 1. The second-order valence-corrected chi connectivity index (χ2v) is 6.06. The molecule has 2 N–H and O–H groups in total. The number of nitrogens with two attached hydrogens (primary N) is 1. The van der Waals surface area contributed by atoms with E-state index in [0.29, 0.717) is 5.92 Å². The first-order valence-corrected chi connectivity index (χ1v) is 6.95. The summed E-state index contributed by atoms with van der Waals surface area (Å²) in [5.74, 6) is 1.57. The van der Waals surface area contributed by atoms with E-state index >= 15 is 0 Å². The number of hydrogen-bond donors (Lipinski definition) is 1. The number of rotatable bonds is 4. The van der Waals surface area contributed by atoms with E-state index < -0.39 is 0 Å². The molecule has 0 bridgehead atoms. The highest BCUT2D eigenvalue weighted by molar-refractivity contribution is 7.16. The van der Waals surface area contributed by atoms with Crippen molar-refractivity contribution in [2.24, 2.45) is 5.73 Å².